The van der Waals surface area contributed by atoms with Crippen LogP contribution in [-0.2, 0) is 16.6 Å². The fourth-order valence-electron chi connectivity index (χ4n) is 4.91. The Balaban J connectivity index is 1.15. The number of piperidine rings is 1. The van der Waals surface area contributed by atoms with Crippen LogP contribution < -0.4 is 9.64 Å². The number of imide groups is 1. The fraction of sp³-hybridized carbons (Fsp3) is 0.522. The molecule has 0 aromatic carbocycles. The number of carbonyl (C=O) groups is 3. The van der Waals surface area contributed by atoms with Crippen LogP contribution >= 0.6 is 11.8 Å². The summed E-state index contributed by atoms with van der Waals surface area (Å²) in [7, 11) is 1.97. The number of imidazole rings is 1. The lowest BCUT2D eigenvalue weighted by Crippen LogP contribution is -2.41. The summed E-state index contributed by atoms with van der Waals surface area (Å²) in [5.41, 5.74) is 0.436. The fourth-order valence-corrected chi connectivity index (χ4v) is 6.00. The van der Waals surface area contributed by atoms with Gasteiger partial charge in [0, 0.05) is 43.8 Å². The number of amides is 3. The summed E-state index contributed by atoms with van der Waals surface area (Å²) in [6.07, 6.45) is 9.95. The number of aromatic nitrogens is 3. The maximum absolute atomic E-state index is 12.7. The predicted molar refractivity (Wildman–Crippen MR) is 122 cm³/mol. The molecule has 2 aliphatic heterocycles. The van der Waals surface area contributed by atoms with Gasteiger partial charge in [-0.15, -0.1) is 0 Å². The van der Waals surface area contributed by atoms with E-state index in [1.807, 2.05) is 17.8 Å². The molecule has 2 aromatic rings. The highest BCUT2D eigenvalue weighted by atomic mass is 32.2. The number of pyridine rings is 1. The van der Waals surface area contributed by atoms with Gasteiger partial charge in [0.05, 0.1) is 23.7 Å². The molecule has 9 nitrogen and oxygen atoms in total. The smallest absolute Gasteiger partial charge is 0.391 e. The summed E-state index contributed by atoms with van der Waals surface area (Å²) in [4.78, 5) is 49.5. The Hall–Kier alpha value is -2.88. The van der Waals surface area contributed by atoms with Crippen LogP contribution in [0, 0.1) is 11.8 Å². The van der Waals surface area contributed by atoms with Gasteiger partial charge in [0.2, 0.25) is 17.7 Å². The predicted octanol–water partition coefficient (Wildman–Crippen LogP) is 3.25. The maximum Gasteiger partial charge on any atom is 0.416 e. The van der Waals surface area contributed by atoms with Crippen molar-refractivity contribution in [2.45, 2.75) is 48.9 Å². The Morgan fingerprint density at radius 1 is 1.03 bits per heavy atom. The van der Waals surface area contributed by atoms with Gasteiger partial charge in [-0.3, -0.25) is 9.59 Å². The third-order valence-electron chi connectivity index (χ3n) is 6.76. The van der Waals surface area contributed by atoms with Gasteiger partial charge < -0.3 is 14.2 Å². The van der Waals surface area contributed by atoms with E-state index in [0.29, 0.717) is 24.0 Å². The van der Waals surface area contributed by atoms with Crippen LogP contribution in [0.4, 0.5) is 10.5 Å². The molecule has 0 radical (unpaired) electrons. The lowest BCUT2D eigenvalue weighted by atomic mass is 9.81. The molecule has 1 aliphatic carbocycles. The number of nitrogens with zero attached hydrogens (tertiary/aromatic N) is 5. The van der Waals surface area contributed by atoms with E-state index < -0.39 is 6.09 Å². The average molecular weight is 470 g/mol. The molecule has 3 aliphatic rings. The minimum absolute atomic E-state index is 0.137. The maximum atomic E-state index is 12.7. The Bertz CT molecular complexity index is 1020. The SMILES string of the molecule is Cn1ccnc1SC1CCN(C(=O)Oc2ccc(N3C(=O)C4CCCCC4C3=O)cn2)CC1. The van der Waals surface area contributed by atoms with E-state index in [1.165, 1.54) is 11.1 Å². The zero-order chi connectivity index (χ0) is 22.9. The van der Waals surface area contributed by atoms with Crippen molar-refractivity contribution in [1.82, 2.24) is 19.4 Å². The number of rotatable bonds is 4. The molecular weight excluding hydrogens is 442 g/mol. The van der Waals surface area contributed by atoms with Crippen molar-refractivity contribution in [3.8, 4) is 5.88 Å². The number of thioether (sulfide) groups is 1. The molecule has 2 saturated heterocycles. The van der Waals surface area contributed by atoms with E-state index in [4.69, 9.17) is 4.74 Å². The number of hydrogen-bond acceptors (Lipinski definition) is 7. The van der Waals surface area contributed by atoms with Gasteiger partial charge in [0.15, 0.2) is 5.16 Å². The number of ether oxygens (including phenoxy) is 1. The molecule has 3 amide bonds. The van der Waals surface area contributed by atoms with Crippen LogP contribution in [0.1, 0.15) is 38.5 Å². The first kappa shape index (κ1) is 21.9. The van der Waals surface area contributed by atoms with E-state index >= 15 is 0 Å². The Morgan fingerprint density at radius 3 is 2.30 bits per heavy atom. The zero-order valence-electron chi connectivity index (χ0n) is 18.6. The number of hydrogen-bond donors (Lipinski definition) is 0. The molecule has 2 aromatic heterocycles. The standard InChI is InChI=1S/C23H27N5O4S/c1-26-13-10-24-22(26)33-16-8-11-27(12-9-16)23(31)32-19-7-6-15(14-25-19)28-20(29)17-4-2-3-5-18(17)21(28)30/h6-7,10,13-14,16-18H,2-5,8-9,11-12H2,1H3. The summed E-state index contributed by atoms with van der Waals surface area (Å²) in [5, 5.41) is 1.39. The molecule has 0 spiro atoms. The van der Waals surface area contributed by atoms with Crippen molar-refractivity contribution in [2.24, 2.45) is 18.9 Å². The van der Waals surface area contributed by atoms with Crippen molar-refractivity contribution < 1.29 is 19.1 Å². The van der Waals surface area contributed by atoms with Crippen molar-refractivity contribution in [3.63, 3.8) is 0 Å². The average Bonchev–Trinajstić information content (AvgIpc) is 3.35. The van der Waals surface area contributed by atoms with E-state index in [0.717, 1.165) is 43.7 Å². The van der Waals surface area contributed by atoms with Crippen LogP contribution in [0.3, 0.4) is 0 Å². The Morgan fingerprint density at radius 2 is 1.73 bits per heavy atom. The summed E-state index contributed by atoms with van der Waals surface area (Å²) in [6.45, 7) is 1.22. The molecule has 174 valence electrons. The summed E-state index contributed by atoms with van der Waals surface area (Å²) < 4.78 is 7.44. The molecule has 1 saturated carbocycles. The molecule has 2 unspecified atom stereocenters. The monoisotopic (exact) mass is 469 g/mol. The summed E-state index contributed by atoms with van der Waals surface area (Å²) in [5.74, 6) is -0.528. The molecule has 0 N–H and O–H groups in total. The normalized spacial score (nSPS) is 23.7. The minimum atomic E-state index is -0.435. The first-order valence-corrected chi connectivity index (χ1v) is 12.3. The van der Waals surface area contributed by atoms with Crippen LogP contribution in [0.15, 0.2) is 35.9 Å². The van der Waals surface area contributed by atoms with E-state index in [9.17, 15) is 14.4 Å². The second kappa shape index (κ2) is 9.17. The second-order valence-electron chi connectivity index (χ2n) is 8.86. The van der Waals surface area contributed by atoms with E-state index in [-0.39, 0.29) is 29.5 Å². The molecular formula is C23H27N5O4S. The molecule has 33 heavy (non-hydrogen) atoms. The van der Waals surface area contributed by atoms with E-state index in [2.05, 4.69) is 9.97 Å². The molecule has 0 bridgehead atoms. The largest absolute Gasteiger partial charge is 0.416 e. The minimum Gasteiger partial charge on any atom is -0.391 e. The van der Waals surface area contributed by atoms with Crippen molar-refractivity contribution in [2.75, 3.05) is 18.0 Å². The van der Waals surface area contributed by atoms with E-state index in [1.54, 1.807) is 35.0 Å². The number of carbonyl (C=O) groups excluding carboxylic acids is 3. The quantitative estimate of drug-likeness (QED) is 0.634. The lowest BCUT2D eigenvalue weighted by Gasteiger charge is -2.30. The van der Waals surface area contributed by atoms with Gasteiger partial charge in [-0.05, 0) is 31.7 Å². The molecule has 4 heterocycles. The first-order valence-electron chi connectivity index (χ1n) is 11.5. The number of fused-ring (bicyclic) bond motifs is 1. The van der Waals surface area contributed by atoms with Crippen LogP contribution in [0.25, 0.3) is 0 Å². The Kier molecular flexibility index (Phi) is 6.09. The number of likely N-dealkylation sites (tertiary alicyclic amines) is 1. The third kappa shape index (κ3) is 4.36. The zero-order valence-corrected chi connectivity index (χ0v) is 19.4. The van der Waals surface area contributed by atoms with Gasteiger partial charge in [-0.25, -0.2) is 19.7 Å². The van der Waals surface area contributed by atoms with Gasteiger partial charge in [0.25, 0.3) is 0 Å². The van der Waals surface area contributed by atoms with Gasteiger partial charge >= 0.3 is 6.09 Å². The van der Waals surface area contributed by atoms with Gasteiger partial charge in [-0.1, -0.05) is 24.6 Å². The highest BCUT2D eigenvalue weighted by Crippen LogP contribution is 2.40. The van der Waals surface area contributed by atoms with Crippen molar-refractivity contribution in [1.29, 1.82) is 0 Å². The number of aryl methyl sites for hydroxylation is 1. The second-order valence-corrected chi connectivity index (χ2v) is 10.1. The van der Waals surface area contributed by atoms with Gasteiger partial charge in [-0.2, -0.15) is 0 Å². The first-order chi connectivity index (χ1) is 16.0. The number of anilines is 1. The molecule has 10 heteroatoms. The summed E-state index contributed by atoms with van der Waals surface area (Å²) >= 11 is 1.74. The highest BCUT2D eigenvalue weighted by molar-refractivity contribution is 7.99. The summed E-state index contributed by atoms with van der Waals surface area (Å²) in [6, 6.07) is 3.16. The van der Waals surface area contributed by atoms with Crippen LogP contribution in [0.2, 0.25) is 0 Å². The lowest BCUT2D eigenvalue weighted by molar-refractivity contribution is -0.122. The van der Waals surface area contributed by atoms with Crippen molar-refractivity contribution >= 4 is 35.4 Å². The molecule has 5 rings (SSSR count). The molecule has 2 atom stereocenters. The third-order valence-corrected chi connectivity index (χ3v) is 8.17. The van der Waals surface area contributed by atoms with Crippen molar-refractivity contribution in [3.05, 3.63) is 30.7 Å². The Labute approximate surface area is 196 Å². The van der Waals surface area contributed by atoms with Crippen LogP contribution in [0.5, 0.6) is 5.88 Å². The van der Waals surface area contributed by atoms with Gasteiger partial charge in [0.1, 0.15) is 0 Å². The topological polar surface area (TPSA) is 97.6 Å². The van der Waals surface area contributed by atoms with Crippen LogP contribution in [-0.4, -0.2) is 55.7 Å². The highest BCUT2D eigenvalue weighted by Gasteiger charge is 2.48. The molecule has 3 fully saturated rings.